The van der Waals surface area contributed by atoms with Gasteiger partial charge in [-0.05, 0) is 43.3 Å². The fourth-order valence-corrected chi connectivity index (χ4v) is 3.23. The first kappa shape index (κ1) is 15.9. The molecule has 0 radical (unpaired) electrons. The number of nitrogens with zero attached hydrogens (tertiary/aromatic N) is 1. The molecule has 0 aliphatic heterocycles. The lowest BCUT2D eigenvalue weighted by atomic mass is 10.1. The fraction of sp³-hybridized carbons (Fsp3) is 0.312. The molecule has 5 heteroatoms. The maximum absolute atomic E-state index is 12.7. The Bertz CT molecular complexity index is 631. The molecule has 0 aliphatic carbocycles. The summed E-state index contributed by atoms with van der Waals surface area (Å²) in [4.78, 5) is 14.3. The lowest BCUT2D eigenvalue weighted by Crippen LogP contribution is -2.32. The van der Waals surface area contributed by atoms with Crippen molar-refractivity contribution in [1.82, 2.24) is 0 Å². The molecule has 21 heavy (non-hydrogen) atoms. The summed E-state index contributed by atoms with van der Waals surface area (Å²) in [7, 11) is 1.60. The van der Waals surface area contributed by atoms with E-state index >= 15 is 0 Å². The van der Waals surface area contributed by atoms with E-state index in [1.54, 1.807) is 18.9 Å². The van der Waals surface area contributed by atoms with Crippen LogP contribution in [0.1, 0.15) is 18.1 Å². The van der Waals surface area contributed by atoms with Crippen LogP contribution in [-0.4, -0.2) is 18.4 Å². The summed E-state index contributed by atoms with van der Waals surface area (Å²) < 4.78 is 5.37. The highest BCUT2D eigenvalue weighted by atomic mass is 35.5. The van der Waals surface area contributed by atoms with Gasteiger partial charge < -0.3 is 4.74 Å². The molecule has 0 fully saturated rings. The molecule has 1 aromatic carbocycles. The minimum Gasteiger partial charge on any atom is -0.494 e. The van der Waals surface area contributed by atoms with Crippen molar-refractivity contribution in [3.05, 3.63) is 40.8 Å². The topological polar surface area (TPSA) is 29.5 Å². The van der Waals surface area contributed by atoms with Gasteiger partial charge in [0.15, 0.2) is 5.75 Å². The van der Waals surface area contributed by atoms with E-state index in [-0.39, 0.29) is 5.91 Å². The Morgan fingerprint density at radius 3 is 2.43 bits per heavy atom. The number of ether oxygens (including phenoxy) is 1. The molecule has 1 unspecified atom stereocenters. The summed E-state index contributed by atoms with van der Waals surface area (Å²) in [5.41, 5.74) is 2.92. The molecule has 112 valence electrons. The standard InChI is InChI=1S/C16H18ClNO2S/c1-10-6-5-7-11(2)14(10)18(15(19)12(3)17)16-13(20-4)8-9-21-16/h5-9,12H,1-4H3. The van der Waals surface area contributed by atoms with Crippen LogP contribution in [0.2, 0.25) is 0 Å². The van der Waals surface area contributed by atoms with Crippen molar-refractivity contribution in [1.29, 1.82) is 0 Å². The van der Waals surface area contributed by atoms with Crippen molar-refractivity contribution in [3.63, 3.8) is 0 Å². The third kappa shape index (κ3) is 3.06. The molecule has 0 bridgehead atoms. The number of anilines is 2. The van der Waals surface area contributed by atoms with E-state index in [0.29, 0.717) is 5.75 Å². The van der Waals surface area contributed by atoms with Crippen LogP contribution in [0.25, 0.3) is 0 Å². The van der Waals surface area contributed by atoms with Gasteiger partial charge in [-0.1, -0.05) is 18.2 Å². The third-order valence-electron chi connectivity index (χ3n) is 3.26. The monoisotopic (exact) mass is 323 g/mol. The van der Waals surface area contributed by atoms with Crippen molar-refractivity contribution >= 4 is 39.5 Å². The molecule has 0 N–H and O–H groups in total. The quantitative estimate of drug-likeness (QED) is 0.765. The predicted octanol–water partition coefficient (Wildman–Crippen LogP) is 4.67. The molecule has 2 aromatic rings. The number of aryl methyl sites for hydroxylation is 2. The highest BCUT2D eigenvalue weighted by Gasteiger charge is 2.28. The zero-order valence-electron chi connectivity index (χ0n) is 12.5. The van der Waals surface area contributed by atoms with Gasteiger partial charge in [-0.2, -0.15) is 0 Å². The zero-order valence-corrected chi connectivity index (χ0v) is 14.1. The average Bonchev–Trinajstić information content (AvgIpc) is 2.90. The molecule has 1 aromatic heterocycles. The smallest absolute Gasteiger partial charge is 0.250 e. The number of rotatable bonds is 4. The van der Waals surface area contributed by atoms with Crippen molar-refractivity contribution < 1.29 is 9.53 Å². The second-order valence-corrected chi connectivity index (χ2v) is 6.37. The van der Waals surface area contributed by atoms with E-state index in [1.165, 1.54) is 11.3 Å². The number of para-hydroxylation sites is 1. The van der Waals surface area contributed by atoms with Gasteiger partial charge >= 0.3 is 0 Å². The van der Waals surface area contributed by atoms with Gasteiger partial charge in [0.1, 0.15) is 10.4 Å². The Hall–Kier alpha value is -1.52. The number of benzene rings is 1. The first-order chi connectivity index (χ1) is 9.97. The van der Waals surface area contributed by atoms with Crippen molar-refractivity contribution in [2.45, 2.75) is 26.1 Å². The van der Waals surface area contributed by atoms with E-state index in [1.807, 2.05) is 43.5 Å². The fourth-order valence-electron chi connectivity index (χ4n) is 2.26. The van der Waals surface area contributed by atoms with Crippen LogP contribution in [0.4, 0.5) is 10.7 Å². The Labute approximate surface area is 134 Å². The zero-order chi connectivity index (χ0) is 15.6. The van der Waals surface area contributed by atoms with Gasteiger partial charge in [0.25, 0.3) is 0 Å². The van der Waals surface area contributed by atoms with Crippen LogP contribution in [0.3, 0.4) is 0 Å². The Morgan fingerprint density at radius 2 is 1.90 bits per heavy atom. The number of hydrogen-bond donors (Lipinski definition) is 0. The molecule has 1 amide bonds. The molecule has 2 rings (SSSR count). The van der Waals surface area contributed by atoms with Crippen molar-refractivity contribution in [2.75, 3.05) is 12.0 Å². The molecule has 3 nitrogen and oxygen atoms in total. The van der Waals surface area contributed by atoms with Crippen LogP contribution >= 0.6 is 22.9 Å². The number of alkyl halides is 1. The summed E-state index contributed by atoms with van der Waals surface area (Å²) in [6.07, 6.45) is 0. The van der Waals surface area contributed by atoms with Crippen LogP contribution in [-0.2, 0) is 4.79 Å². The first-order valence-corrected chi connectivity index (χ1v) is 7.94. The first-order valence-electron chi connectivity index (χ1n) is 6.63. The lowest BCUT2D eigenvalue weighted by Gasteiger charge is -2.26. The van der Waals surface area contributed by atoms with E-state index < -0.39 is 5.38 Å². The minimum absolute atomic E-state index is 0.158. The van der Waals surface area contributed by atoms with E-state index in [2.05, 4.69) is 0 Å². The summed E-state index contributed by atoms with van der Waals surface area (Å²) in [6.45, 7) is 5.66. The number of thiophene rings is 1. The second kappa shape index (κ2) is 6.50. The molecule has 0 spiro atoms. The molecule has 0 saturated carbocycles. The largest absolute Gasteiger partial charge is 0.494 e. The number of carbonyl (C=O) groups excluding carboxylic acids is 1. The SMILES string of the molecule is COc1ccsc1N(C(=O)C(C)Cl)c1c(C)cccc1C. The normalized spacial score (nSPS) is 12.0. The molecule has 0 saturated heterocycles. The summed E-state index contributed by atoms with van der Waals surface area (Å²) in [6, 6.07) is 7.81. The Kier molecular flexibility index (Phi) is 4.91. The highest BCUT2D eigenvalue weighted by Crippen LogP contribution is 2.41. The van der Waals surface area contributed by atoms with Gasteiger partial charge in [0, 0.05) is 0 Å². The van der Waals surface area contributed by atoms with Crippen molar-refractivity contribution in [2.24, 2.45) is 0 Å². The molecule has 1 heterocycles. The lowest BCUT2D eigenvalue weighted by molar-refractivity contribution is -0.117. The van der Waals surface area contributed by atoms with Gasteiger partial charge in [-0.3, -0.25) is 9.69 Å². The van der Waals surface area contributed by atoms with Crippen molar-refractivity contribution in [3.8, 4) is 5.75 Å². The van der Waals surface area contributed by atoms with Gasteiger partial charge in [0.05, 0.1) is 12.8 Å². The van der Waals surface area contributed by atoms with Crippen LogP contribution < -0.4 is 9.64 Å². The molecule has 0 aliphatic rings. The van der Waals surface area contributed by atoms with Crippen LogP contribution in [0.15, 0.2) is 29.6 Å². The predicted molar refractivity (Wildman–Crippen MR) is 89.2 cm³/mol. The molecular weight excluding hydrogens is 306 g/mol. The maximum atomic E-state index is 12.7. The molecular formula is C16H18ClNO2S. The van der Waals surface area contributed by atoms with Crippen LogP contribution in [0, 0.1) is 13.8 Å². The number of hydrogen-bond acceptors (Lipinski definition) is 3. The van der Waals surface area contributed by atoms with E-state index in [0.717, 1.165) is 21.8 Å². The Balaban J connectivity index is 2.65. The van der Waals surface area contributed by atoms with Crippen LogP contribution in [0.5, 0.6) is 5.75 Å². The summed E-state index contributed by atoms with van der Waals surface area (Å²) in [5, 5.41) is 2.05. The van der Waals surface area contributed by atoms with Gasteiger partial charge in [-0.15, -0.1) is 22.9 Å². The number of amides is 1. The highest BCUT2D eigenvalue weighted by molar-refractivity contribution is 7.15. The van der Waals surface area contributed by atoms with Gasteiger partial charge in [-0.25, -0.2) is 0 Å². The second-order valence-electron chi connectivity index (χ2n) is 4.82. The number of methoxy groups -OCH3 is 1. The summed E-state index contributed by atoms with van der Waals surface area (Å²) >= 11 is 7.52. The molecule has 1 atom stereocenters. The average molecular weight is 324 g/mol. The maximum Gasteiger partial charge on any atom is 0.250 e. The van der Waals surface area contributed by atoms with Gasteiger partial charge in [0.2, 0.25) is 5.91 Å². The van der Waals surface area contributed by atoms with E-state index in [9.17, 15) is 4.79 Å². The number of carbonyl (C=O) groups is 1. The summed E-state index contributed by atoms with van der Waals surface area (Å²) in [5.74, 6) is 0.517. The minimum atomic E-state index is -0.615. The number of halogens is 1. The Morgan fingerprint density at radius 1 is 1.29 bits per heavy atom. The third-order valence-corrected chi connectivity index (χ3v) is 4.32. The van der Waals surface area contributed by atoms with E-state index in [4.69, 9.17) is 16.3 Å².